The van der Waals surface area contributed by atoms with Gasteiger partial charge < -0.3 is 15.5 Å². The summed E-state index contributed by atoms with van der Waals surface area (Å²) in [7, 11) is 0. The summed E-state index contributed by atoms with van der Waals surface area (Å²) in [6.45, 7) is 3.45. The number of piperazine rings is 1. The van der Waals surface area contributed by atoms with Crippen molar-refractivity contribution in [3.8, 4) is 0 Å². The average Bonchev–Trinajstić information content (AvgIpc) is 2.55. The van der Waals surface area contributed by atoms with Crippen LogP contribution in [0.25, 0.3) is 0 Å². The fourth-order valence-electron chi connectivity index (χ4n) is 2.51. The molecule has 1 amide bonds. The van der Waals surface area contributed by atoms with Crippen LogP contribution >= 0.6 is 0 Å². The lowest BCUT2D eigenvalue weighted by atomic mass is 10.1. The molecule has 0 aliphatic carbocycles. The van der Waals surface area contributed by atoms with Crippen LogP contribution in [0, 0.1) is 17.5 Å². The van der Waals surface area contributed by atoms with Gasteiger partial charge in [0.25, 0.3) is 5.91 Å². The van der Waals surface area contributed by atoms with E-state index in [2.05, 4.69) is 20.5 Å². The molecule has 8 heteroatoms. The largest absolute Gasteiger partial charge is 0.368 e. The second-order valence-electron chi connectivity index (χ2n) is 5.34. The molecule has 1 aromatic carbocycles. The zero-order chi connectivity index (χ0) is 17.1. The van der Waals surface area contributed by atoms with Crippen LogP contribution in [0.3, 0.4) is 0 Å². The molecule has 2 aromatic rings. The summed E-state index contributed by atoms with van der Waals surface area (Å²) in [6, 6.07) is 4.23. The van der Waals surface area contributed by atoms with Gasteiger partial charge in [-0.1, -0.05) is 0 Å². The third-order valence-electron chi connectivity index (χ3n) is 3.71. The van der Waals surface area contributed by atoms with Gasteiger partial charge in [0.1, 0.15) is 28.8 Å². The van der Waals surface area contributed by atoms with E-state index in [0.717, 1.165) is 31.9 Å². The van der Waals surface area contributed by atoms with Crippen LogP contribution in [0.4, 0.5) is 24.7 Å². The van der Waals surface area contributed by atoms with Crippen molar-refractivity contribution in [3.63, 3.8) is 0 Å². The summed E-state index contributed by atoms with van der Waals surface area (Å²) in [4.78, 5) is 18.2. The maximum absolute atomic E-state index is 13.6. The molecule has 126 valence electrons. The lowest BCUT2D eigenvalue weighted by molar-refractivity contribution is 0.101. The van der Waals surface area contributed by atoms with Crippen LogP contribution in [-0.4, -0.2) is 37.1 Å². The van der Waals surface area contributed by atoms with E-state index in [0.29, 0.717) is 12.1 Å². The highest BCUT2D eigenvalue weighted by Crippen LogP contribution is 2.18. The van der Waals surface area contributed by atoms with Gasteiger partial charge in [-0.2, -0.15) is 0 Å². The van der Waals surface area contributed by atoms with E-state index < -0.39 is 28.9 Å². The molecule has 1 aliphatic heterocycles. The Hall–Kier alpha value is -2.61. The molecular formula is C16H15F3N4O. The molecule has 0 atom stereocenters. The minimum Gasteiger partial charge on any atom is -0.368 e. The molecule has 1 aromatic heterocycles. The third-order valence-corrected chi connectivity index (χ3v) is 3.71. The quantitative estimate of drug-likeness (QED) is 0.902. The molecule has 1 aliphatic rings. The fourth-order valence-corrected chi connectivity index (χ4v) is 2.51. The highest BCUT2D eigenvalue weighted by molar-refractivity contribution is 6.04. The molecule has 0 spiro atoms. The van der Waals surface area contributed by atoms with Gasteiger partial charge in [-0.15, -0.1) is 0 Å². The monoisotopic (exact) mass is 336 g/mol. The lowest BCUT2D eigenvalue weighted by Gasteiger charge is -2.29. The molecule has 1 fully saturated rings. The number of carbonyl (C=O) groups is 1. The van der Waals surface area contributed by atoms with Crippen molar-refractivity contribution in [2.45, 2.75) is 0 Å². The van der Waals surface area contributed by atoms with Crippen LogP contribution < -0.4 is 15.5 Å². The Morgan fingerprint density at radius 2 is 1.79 bits per heavy atom. The van der Waals surface area contributed by atoms with E-state index in [1.807, 2.05) is 0 Å². The second-order valence-corrected chi connectivity index (χ2v) is 5.34. The molecule has 2 heterocycles. The van der Waals surface area contributed by atoms with Gasteiger partial charge >= 0.3 is 0 Å². The van der Waals surface area contributed by atoms with Crippen LogP contribution in [-0.2, 0) is 0 Å². The van der Waals surface area contributed by atoms with E-state index in [4.69, 9.17) is 0 Å². The van der Waals surface area contributed by atoms with Crippen molar-refractivity contribution in [2.24, 2.45) is 0 Å². The van der Waals surface area contributed by atoms with Gasteiger partial charge in [-0.3, -0.25) is 4.79 Å². The molecule has 0 saturated carbocycles. The standard InChI is InChI=1S/C16H15F3N4O/c17-10-7-12(18)15(13(19)8-10)16(24)22-14-2-1-11(9-21-14)23-5-3-20-4-6-23/h1-2,7-9,20H,3-6H2,(H,21,22,24). The Morgan fingerprint density at radius 1 is 1.12 bits per heavy atom. The van der Waals surface area contributed by atoms with Gasteiger partial charge in [0, 0.05) is 38.3 Å². The summed E-state index contributed by atoms with van der Waals surface area (Å²) in [5.74, 6) is -4.47. The van der Waals surface area contributed by atoms with Gasteiger partial charge in [0.15, 0.2) is 0 Å². The number of hydrogen-bond donors (Lipinski definition) is 2. The van der Waals surface area contributed by atoms with E-state index >= 15 is 0 Å². The van der Waals surface area contributed by atoms with E-state index in [1.165, 1.54) is 0 Å². The number of anilines is 2. The van der Waals surface area contributed by atoms with Crippen LogP contribution in [0.1, 0.15) is 10.4 Å². The average molecular weight is 336 g/mol. The van der Waals surface area contributed by atoms with Crippen LogP contribution in [0.2, 0.25) is 0 Å². The number of rotatable bonds is 3. The number of nitrogens with zero attached hydrogens (tertiary/aromatic N) is 2. The van der Waals surface area contributed by atoms with Crippen LogP contribution in [0.15, 0.2) is 30.5 Å². The molecule has 1 saturated heterocycles. The van der Waals surface area contributed by atoms with E-state index in [1.54, 1.807) is 18.3 Å². The first-order valence-electron chi connectivity index (χ1n) is 7.42. The lowest BCUT2D eigenvalue weighted by Crippen LogP contribution is -2.43. The number of amides is 1. The number of pyridine rings is 1. The minimum absolute atomic E-state index is 0.155. The molecule has 5 nitrogen and oxygen atoms in total. The molecule has 2 N–H and O–H groups in total. The number of hydrogen-bond acceptors (Lipinski definition) is 4. The Bertz CT molecular complexity index is 722. The minimum atomic E-state index is -1.26. The maximum Gasteiger partial charge on any atom is 0.262 e. The third kappa shape index (κ3) is 3.48. The Labute approximate surface area is 136 Å². The number of aromatic nitrogens is 1. The maximum atomic E-state index is 13.6. The molecule has 0 radical (unpaired) electrons. The number of nitrogens with one attached hydrogen (secondary N) is 2. The number of carbonyl (C=O) groups excluding carboxylic acids is 1. The van der Waals surface area contributed by atoms with E-state index in [-0.39, 0.29) is 5.82 Å². The topological polar surface area (TPSA) is 57.3 Å². The Balaban J connectivity index is 1.73. The van der Waals surface area contributed by atoms with Crippen molar-refractivity contribution < 1.29 is 18.0 Å². The van der Waals surface area contributed by atoms with Gasteiger partial charge in [-0.05, 0) is 12.1 Å². The van der Waals surface area contributed by atoms with E-state index in [9.17, 15) is 18.0 Å². The predicted octanol–water partition coefficient (Wildman–Crippen LogP) is 2.16. The van der Waals surface area contributed by atoms with Gasteiger partial charge in [-0.25, -0.2) is 18.2 Å². The summed E-state index contributed by atoms with van der Waals surface area (Å²) in [5.41, 5.74) is 0.0537. The second kappa shape index (κ2) is 6.88. The van der Waals surface area contributed by atoms with Crippen LogP contribution in [0.5, 0.6) is 0 Å². The summed E-state index contributed by atoms with van der Waals surface area (Å²) in [6.07, 6.45) is 1.58. The first-order chi connectivity index (χ1) is 11.5. The number of halogens is 3. The smallest absolute Gasteiger partial charge is 0.262 e. The number of benzene rings is 1. The predicted molar refractivity (Wildman–Crippen MR) is 83.6 cm³/mol. The van der Waals surface area contributed by atoms with Crippen molar-refractivity contribution in [1.29, 1.82) is 0 Å². The molecule has 0 bridgehead atoms. The summed E-state index contributed by atoms with van der Waals surface area (Å²) in [5, 5.41) is 5.54. The van der Waals surface area contributed by atoms with Crippen molar-refractivity contribution >= 4 is 17.4 Å². The first-order valence-corrected chi connectivity index (χ1v) is 7.42. The molecular weight excluding hydrogens is 321 g/mol. The molecule has 24 heavy (non-hydrogen) atoms. The van der Waals surface area contributed by atoms with Crippen molar-refractivity contribution in [2.75, 3.05) is 36.4 Å². The summed E-state index contributed by atoms with van der Waals surface area (Å²) < 4.78 is 40.1. The van der Waals surface area contributed by atoms with Crippen molar-refractivity contribution in [1.82, 2.24) is 10.3 Å². The summed E-state index contributed by atoms with van der Waals surface area (Å²) >= 11 is 0. The SMILES string of the molecule is O=C(Nc1ccc(N2CCNCC2)cn1)c1c(F)cc(F)cc1F. The Kier molecular flexibility index (Phi) is 4.66. The fraction of sp³-hybridized carbons (Fsp3) is 0.250. The normalized spacial score (nSPS) is 14.5. The zero-order valence-corrected chi connectivity index (χ0v) is 12.7. The van der Waals surface area contributed by atoms with Gasteiger partial charge in [0.05, 0.1) is 11.9 Å². The molecule has 0 unspecified atom stereocenters. The van der Waals surface area contributed by atoms with Crippen molar-refractivity contribution in [3.05, 3.63) is 53.5 Å². The highest BCUT2D eigenvalue weighted by Gasteiger charge is 2.19. The van der Waals surface area contributed by atoms with Gasteiger partial charge in [0.2, 0.25) is 0 Å². The zero-order valence-electron chi connectivity index (χ0n) is 12.7. The first kappa shape index (κ1) is 16.3. The molecule has 3 rings (SSSR count). The Morgan fingerprint density at radius 3 is 2.38 bits per heavy atom. The highest BCUT2D eigenvalue weighted by atomic mass is 19.1.